The van der Waals surface area contributed by atoms with Crippen LogP contribution in [0, 0.1) is 0 Å². The lowest BCUT2D eigenvalue weighted by atomic mass is 10.0. The molecular formula is C18H24N4O2. The van der Waals surface area contributed by atoms with Crippen molar-refractivity contribution in [3.8, 4) is 0 Å². The minimum Gasteiger partial charge on any atom is -0.358 e. The smallest absolute Gasteiger partial charge is 0.322 e. The number of nitrogens with zero attached hydrogens (tertiary/aromatic N) is 2. The largest absolute Gasteiger partial charge is 0.358 e. The summed E-state index contributed by atoms with van der Waals surface area (Å²) in [5, 5.41) is 6.65. The number of aromatic nitrogens is 1. The van der Waals surface area contributed by atoms with Crippen LogP contribution in [-0.2, 0) is 11.3 Å². The molecule has 1 aromatic heterocycles. The number of carbonyl (C=O) groups is 2. The summed E-state index contributed by atoms with van der Waals surface area (Å²) in [4.78, 5) is 26.1. The van der Waals surface area contributed by atoms with Crippen LogP contribution in [0.15, 0.2) is 30.5 Å². The highest BCUT2D eigenvalue weighted by Gasteiger charge is 2.35. The maximum atomic E-state index is 12.6. The average Bonchev–Trinajstić information content (AvgIpc) is 3.10. The molecule has 0 aliphatic carbocycles. The van der Waals surface area contributed by atoms with Crippen LogP contribution < -0.4 is 10.6 Å². The predicted octanol–water partition coefficient (Wildman–Crippen LogP) is 2.79. The van der Waals surface area contributed by atoms with Crippen LogP contribution in [0.5, 0.6) is 0 Å². The summed E-state index contributed by atoms with van der Waals surface area (Å²) >= 11 is 0. The van der Waals surface area contributed by atoms with Gasteiger partial charge in [-0.1, -0.05) is 6.07 Å². The van der Waals surface area contributed by atoms with E-state index in [0.717, 1.165) is 36.0 Å². The van der Waals surface area contributed by atoms with Crippen molar-refractivity contribution < 1.29 is 9.59 Å². The van der Waals surface area contributed by atoms with Gasteiger partial charge >= 0.3 is 6.03 Å². The van der Waals surface area contributed by atoms with Gasteiger partial charge in [0.1, 0.15) is 6.54 Å². The lowest BCUT2D eigenvalue weighted by Crippen LogP contribution is -2.44. The monoisotopic (exact) mass is 328 g/mol. The zero-order chi connectivity index (χ0) is 17.3. The van der Waals surface area contributed by atoms with Crippen molar-refractivity contribution >= 4 is 28.5 Å². The van der Waals surface area contributed by atoms with Crippen LogP contribution in [-0.4, -0.2) is 40.5 Å². The minimum atomic E-state index is -0.104. The third kappa shape index (κ3) is 3.09. The molecule has 1 aromatic carbocycles. The van der Waals surface area contributed by atoms with Gasteiger partial charge in [0.2, 0.25) is 5.91 Å². The highest BCUT2D eigenvalue weighted by Crippen LogP contribution is 2.29. The molecule has 1 saturated heterocycles. The van der Waals surface area contributed by atoms with Crippen LogP contribution in [0.1, 0.15) is 26.7 Å². The molecule has 1 aliphatic heterocycles. The number of rotatable bonds is 3. The maximum absolute atomic E-state index is 12.6. The number of fused-ring (bicyclic) bond motifs is 1. The second kappa shape index (κ2) is 6.19. The van der Waals surface area contributed by atoms with E-state index in [4.69, 9.17) is 0 Å². The summed E-state index contributed by atoms with van der Waals surface area (Å²) in [6.07, 6.45) is 3.94. The van der Waals surface area contributed by atoms with Gasteiger partial charge in [0.15, 0.2) is 0 Å². The number of hydrogen-bond acceptors (Lipinski definition) is 2. The topological polar surface area (TPSA) is 66.4 Å². The van der Waals surface area contributed by atoms with Gasteiger partial charge in [0.05, 0.1) is 5.52 Å². The molecule has 0 unspecified atom stereocenters. The van der Waals surface area contributed by atoms with Crippen LogP contribution in [0.4, 0.5) is 10.5 Å². The summed E-state index contributed by atoms with van der Waals surface area (Å²) in [5.74, 6) is -0.0549. The van der Waals surface area contributed by atoms with Gasteiger partial charge in [-0.05, 0) is 50.3 Å². The van der Waals surface area contributed by atoms with Gasteiger partial charge in [-0.2, -0.15) is 0 Å². The Labute approximate surface area is 141 Å². The molecule has 0 bridgehead atoms. The van der Waals surface area contributed by atoms with E-state index in [1.165, 1.54) is 0 Å². The number of hydrogen-bond donors (Lipinski definition) is 2. The Morgan fingerprint density at radius 1 is 1.25 bits per heavy atom. The summed E-state index contributed by atoms with van der Waals surface area (Å²) in [5.41, 5.74) is 1.57. The molecule has 2 N–H and O–H groups in total. The van der Waals surface area contributed by atoms with Crippen LogP contribution in [0.2, 0.25) is 0 Å². The van der Waals surface area contributed by atoms with E-state index in [-0.39, 0.29) is 24.0 Å². The lowest BCUT2D eigenvalue weighted by Gasteiger charge is -2.31. The first-order valence-electron chi connectivity index (χ1n) is 8.29. The first kappa shape index (κ1) is 16.4. The number of nitrogens with one attached hydrogen (secondary N) is 2. The van der Waals surface area contributed by atoms with Crippen LogP contribution >= 0.6 is 0 Å². The molecule has 0 atom stereocenters. The molecule has 0 radical (unpaired) electrons. The third-order valence-corrected chi connectivity index (χ3v) is 4.76. The quantitative estimate of drug-likeness (QED) is 0.910. The van der Waals surface area contributed by atoms with E-state index in [0.29, 0.717) is 0 Å². The van der Waals surface area contributed by atoms with E-state index >= 15 is 0 Å². The molecule has 24 heavy (non-hydrogen) atoms. The molecule has 0 spiro atoms. The van der Waals surface area contributed by atoms with E-state index in [2.05, 4.69) is 24.5 Å². The lowest BCUT2D eigenvalue weighted by molar-refractivity contribution is -0.121. The first-order chi connectivity index (χ1) is 11.4. The number of benzene rings is 1. The van der Waals surface area contributed by atoms with Crippen LogP contribution in [0.3, 0.4) is 0 Å². The van der Waals surface area contributed by atoms with Crippen molar-refractivity contribution in [3.63, 3.8) is 0 Å². The van der Waals surface area contributed by atoms with Crippen molar-refractivity contribution in [1.29, 1.82) is 0 Å². The molecule has 2 aromatic rings. The summed E-state index contributed by atoms with van der Waals surface area (Å²) < 4.78 is 1.88. The molecular weight excluding hydrogens is 304 g/mol. The summed E-state index contributed by atoms with van der Waals surface area (Å²) in [7, 11) is 1.62. The van der Waals surface area contributed by atoms with Gasteiger partial charge in [0, 0.05) is 31.0 Å². The zero-order valence-corrected chi connectivity index (χ0v) is 14.4. The molecule has 6 nitrogen and oxygen atoms in total. The second-order valence-electron chi connectivity index (χ2n) is 6.89. The van der Waals surface area contributed by atoms with Crippen molar-refractivity contribution in [3.05, 3.63) is 30.5 Å². The molecule has 3 rings (SSSR count). The standard InChI is InChI=1S/C18H24N4O2/c1-18(2)8-4-9-22(18)17(24)20-14-6-5-13-7-10-21(15(13)11-14)12-16(23)19-3/h5-7,10-11H,4,8-9,12H2,1-3H3,(H,19,23)(H,20,24). The Bertz CT molecular complexity index is 778. The molecule has 0 saturated carbocycles. The van der Waals surface area contributed by atoms with Gasteiger partial charge < -0.3 is 20.1 Å². The van der Waals surface area contributed by atoms with Crippen LogP contribution in [0.25, 0.3) is 10.9 Å². The van der Waals surface area contributed by atoms with E-state index in [9.17, 15) is 9.59 Å². The zero-order valence-electron chi connectivity index (χ0n) is 14.4. The number of likely N-dealkylation sites (N-methyl/N-ethyl adjacent to an activating group) is 1. The Kier molecular flexibility index (Phi) is 4.22. The third-order valence-electron chi connectivity index (χ3n) is 4.76. The van der Waals surface area contributed by atoms with Crippen molar-refractivity contribution in [2.45, 2.75) is 38.8 Å². The molecule has 128 valence electrons. The number of anilines is 1. The summed E-state index contributed by atoms with van der Waals surface area (Å²) in [6.45, 7) is 5.24. The Hall–Kier alpha value is -2.50. The van der Waals surface area contributed by atoms with E-state index in [1.54, 1.807) is 7.05 Å². The first-order valence-corrected chi connectivity index (χ1v) is 8.29. The normalized spacial score (nSPS) is 16.4. The van der Waals surface area contributed by atoms with Crippen molar-refractivity contribution in [2.75, 3.05) is 18.9 Å². The second-order valence-corrected chi connectivity index (χ2v) is 6.89. The SMILES string of the molecule is CNC(=O)Cn1ccc2ccc(NC(=O)N3CCCC3(C)C)cc21. The van der Waals surface area contributed by atoms with E-state index in [1.807, 2.05) is 39.9 Å². The van der Waals surface area contributed by atoms with Gasteiger partial charge in [-0.15, -0.1) is 0 Å². The highest BCUT2D eigenvalue weighted by atomic mass is 16.2. The molecule has 2 heterocycles. The fraction of sp³-hybridized carbons (Fsp3) is 0.444. The molecule has 1 aliphatic rings. The fourth-order valence-corrected chi connectivity index (χ4v) is 3.31. The number of amides is 3. The molecule has 6 heteroatoms. The van der Waals surface area contributed by atoms with Gasteiger partial charge in [-0.25, -0.2) is 4.79 Å². The van der Waals surface area contributed by atoms with Gasteiger partial charge in [-0.3, -0.25) is 4.79 Å². The predicted molar refractivity (Wildman–Crippen MR) is 95.0 cm³/mol. The number of urea groups is 1. The molecule has 1 fully saturated rings. The molecule has 3 amide bonds. The maximum Gasteiger partial charge on any atom is 0.322 e. The Balaban J connectivity index is 1.81. The number of carbonyl (C=O) groups excluding carboxylic acids is 2. The van der Waals surface area contributed by atoms with E-state index < -0.39 is 0 Å². The van der Waals surface area contributed by atoms with Crippen molar-refractivity contribution in [1.82, 2.24) is 14.8 Å². The minimum absolute atomic E-state index is 0.0549. The van der Waals surface area contributed by atoms with Crippen molar-refractivity contribution in [2.24, 2.45) is 0 Å². The highest BCUT2D eigenvalue weighted by molar-refractivity contribution is 5.93. The fourth-order valence-electron chi connectivity index (χ4n) is 3.31. The Morgan fingerprint density at radius 2 is 2.04 bits per heavy atom. The summed E-state index contributed by atoms with van der Waals surface area (Å²) in [6, 6.07) is 7.67. The number of likely N-dealkylation sites (tertiary alicyclic amines) is 1. The Morgan fingerprint density at radius 3 is 2.71 bits per heavy atom. The average molecular weight is 328 g/mol. The van der Waals surface area contributed by atoms with Gasteiger partial charge in [0.25, 0.3) is 0 Å².